The summed E-state index contributed by atoms with van der Waals surface area (Å²) in [6, 6.07) is 0. The molecule has 0 amide bonds. The van der Waals surface area contributed by atoms with E-state index in [0.717, 1.165) is 50.8 Å². The maximum atomic E-state index is 13.1. The number of carboxylic acid groups (broad SMARTS) is 2. The molecule has 0 aromatic carbocycles. The van der Waals surface area contributed by atoms with Crippen LogP contribution in [0, 0.1) is 11.2 Å². The van der Waals surface area contributed by atoms with E-state index < -0.39 is 30.1 Å². The minimum Gasteiger partial charge on any atom is -0.475 e. The van der Waals surface area contributed by atoms with Gasteiger partial charge in [-0.05, 0) is 12.8 Å². The molecule has 38 heavy (non-hydrogen) atoms. The lowest BCUT2D eigenvalue weighted by atomic mass is 9.80. The van der Waals surface area contributed by atoms with Crippen molar-refractivity contribution in [2.75, 3.05) is 49.2 Å². The molecule has 2 aromatic heterocycles. The Morgan fingerprint density at radius 1 is 0.947 bits per heavy atom. The molecule has 18 heteroatoms. The van der Waals surface area contributed by atoms with Gasteiger partial charge in [0.25, 0.3) is 0 Å². The number of carboxylic acids is 2. The zero-order chi connectivity index (χ0) is 28.6. The van der Waals surface area contributed by atoms with Crippen LogP contribution in [-0.4, -0.2) is 88.8 Å². The molecule has 4 rings (SSSR count). The van der Waals surface area contributed by atoms with Crippen LogP contribution in [-0.2, 0) is 14.3 Å². The smallest absolute Gasteiger partial charge is 0.475 e. The van der Waals surface area contributed by atoms with Gasteiger partial charge in [-0.25, -0.2) is 28.9 Å². The molecule has 1 atom stereocenters. The fraction of sp³-hybridized carbons (Fsp3) is 0.550. The Labute approximate surface area is 214 Å². The lowest BCUT2D eigenvalue weighted by molar-refractivity contribution is -0.193. The summed E-state index contributed by atoms with van der Waals surface area (Å²) in [4.78, 5) is 35.0. The average Bonchev–Trinajstić information content (AvgIpc) is 3.29. The predicted molar refractivity (Wildman–Crippen MR) is 118 cm³/mol. The fourth-order valence-electron chi connectivity index (χ4n) is 3.62. The number of alkyl halides is 6. The first-order chi connectivity index (χ1) is 17.6. The topological polar surface area (TPSA) is 129 Å². The third kappa shape index (κ3) is 9.55. The summed E-state index contributed by atoms with van der Waals surface area (Å²) in [5.74, 6) is -5.32. The third-order valence-electron chi connectivity index (χ3n) is 5.17. The van der Waals surface area contributed by atoms with E-state index in [1.54, 1.807) is 11.3 Å². The predicted octanol–water partition coefficient (Wildman–Crippen LogP) is 3.46. The molecule has 10 nitrogen and oxygen atoms in total. The number of anilines is 2. The largest absolute Gasteiger partial charge is 0.490 e. The summed E-state index contributed by atoms with van der Waals surface area (Å²) in [5, 5.41) is 17.3. The van der Waals surface area contributed by atoms with Crippen molar-refractivity contribution in [3.63, 3.8) is 0 Å². The van der Waals surface area contributed by atoms with Crippen LogP contribution in [0.1, 0.15) is 12.8 Å². The number of aliphatic carboxylic acids is 2. The van der Waals surface area contributed by atoms with Gasteiger partial charge in [0.2, 0.25) is 5.95 Å². The van der Waals surface area contributed by atoms with Crippen LogP contribution in [0.5, 0.6) is 0 Å². The second-order valence-corrected chi connectivity index (χ2v) is 8.99. The van der Waals surface area contributed by atoms with Crippen molar-refractivity contribution >= 4 is 34.4 Å². The number of ether oxygens (including phenoxy) is 1. The molecule has 2 aliphatic heterocycles. The van der Waals surface area contributed by atoms with Crippen molar-refractivity contribution < 1.29 is 55.3 Å². The van der Waals surface area contributed by atoms with Crippen LogP contribution in [0.25, 0.3) is 0 Å². The van der Waals surface area contributed by atoms with Crippen molar-refractivity contribution in [3.8, 4) is 0 Å². The van der Waals surface area contributed by atoms with Gasteiger partial charge in [0.15, 0.2) is 10.9 Å². The van der Waals surface area contributed by atoms with Crippen LogP contribution in [0.3, 0.4) is 0 Å². The van der Waals surface area contributed by atoms with Crippen molar-refractivity contribution in [1.29, 1.82) is 0 Å². The SMILES string of the molecule is Fc1cnc(N2CCCC3(COCCN(c4nccs4)C3)C2)nc1.O=C(O)C(F)(F)F.O=C(O)C(F)(F)F. The van der Waals surface area contributed by atoms with Crippen molar-refractivity contribution in [1.82, 2.24) is 15.0 Å². The van der Waals surface area contributed by atoms with E-state index in [9.17, 15) is 30.7 Å². The van der Waals surface area contributed by atoms with Gasteiger partial charge in [-0.1, -0.05) is 0 Å². The molecule has 2 fully saturated rings. The van der Waals surface area contributed by atoms with Gasteiger partial charge in [0.1, 0.15) is 0 Å². The van der Waals surface area contributed by atoms with Crippen LogP contribution in [0.4, 0.5) is 41.8 Å². The lowest BCUT2D eigenvalue weighted by Crippen LogP contribution is -2.51. The molecule has 212 valence electrons. The minimum absolute atomic E-state index is 0.0260. The molecule has 1 spiro atoms. The molecule has 2 N–H and O–H groups in total. The van der Waals surface area contributed by atoms with Crippen LogP contribution in [0.15, 0.2) is 24.0 Å². The van der Waals surface area contributed by atoms with Crippen LogP contribution in [0.2, 0.25) is 0 Å². The summed E-state index contributed by atoms with van der Waals surface area (Å²) in [6.07, 6.45) is -3.70. The van der Waals surface area contributed by atoms with E-state index in [-0.39, 0.29) is 5.41 Å². The maximum Gasteiger partial charge on any atom is 0.490 e. The summed E-state index contributed by atoms with van der Waals surface area (Å²) < 4.78 is 82.5. The van der Waals surface area contributed by atoms with Crippen molar-refractivity contribution in [3.05, 3.63) is 29.8 Å². The van der Waals surface area contributed by atoms with E-state index in [1.807, 2.05) is 11.6 Å². The van der Waals surface area contributed by atoms with Crippen LogP contribution < -0.4 is 9.80 Å². The molecule has 1 unspecified atom stereocenters. The summed E-state index contributed by atoms with van der Waals surface area (Å²) in [6.45, 7) is 4.94. The molecule has 2 aromatic rings. The van der Waals surface area contributed by atoms with E-state index >= 15 is 0 Å². The Morgan fingerprint density at radius 3 is 2.00 bits per heavy atom. The molecule has 4 heterocycles. The van der Waals surface area contributed by atoms with Gasteiger partial charge in [0.05, 0.1) is 25.6 Å². The molecule has 0 aliphatic carbocycles. The van der Waals surface area contributed by atoms with Gasteiger partial charge >= 0.3 is 24.3 Å². The number of aromatic nitrogens is 3. The molecular formula is C20H22F7N5O5S. The van der Waals surface area contributed by atoms with Gasteiger partial charge in [-0.3, -0.25) is 0 Å². The molecule has 2 saturated heterocycles. The summed E-state index contributed by atoms with van der Waals surface area (Å²) in [5.41, 5.74) is 0.0260. The van der Waals surface area contributed by atoms with Gasteiger partial charge in [-0.15, -0.1) is 11.3 Å². The van der Waals surface area contributed by atoms with E-state index in [1.165, 1.54) is 12.4 Å². The Morgan fingerprint density at radius 2 is 1.50 bits per heavy atom. The standard InChI is InChI=1S/C16H20FN5OS.2C2HF3O2/c17-13-8-19-14(20-9-13)21-4-1-2-16(10-21)11-22(5-6-23-12-16)15-18-3-7-24-15;2*3-2(4,5)1(6)7/h3,7-9H,1-2,4-6,10-12H2;2*(H,6,7). The number of piperidine rings is 1. The quantitative estimate of drug-likeness (QED) is 0.512. The lowest BCUT2D eigenvalue weighted by Gasteiger charge is -2.43. The number of carbonyl (C=O) groups is 2. The highest BCUT2D eigenvalue weighted by atomic mass is 32.1. The van der Waals surface area contributed by atoms with E-state index in [2.05, 4.69) is 24.8 Å². The maximum absolute atomic E-state index is 13.1. The number of hydrogen-bond acceptors (Lipinski definition) is 9. The Hall–Kier alpha value is -3.28. The Bertz CT molecular complexity index is 1020. The van der Waals surface area contributed by atoms with E-state index in [0.29, 0.717) is 12.6 Å². The summed E-state index contributed by atoms with van der Waals surface area (Å²) in [7, 11) is 0. The molecular weight excluding hydrogens is 555 g/mol. The van der Waals surface area contributed by atoms with Crippen molar-refractivity contribution in [2.45, 2.75) is 25.2 Å². The second-order valence-electron chi connectivity index (χ2n) is 8.12. The average molecular weight is 577 g/mol. The Kier molecular flexibility index (Phi) is 10.6. The number of halogens is 7. The zero-order valence-corrected chi connectivity index (χ0v) is 20.2. The summed E-state index contributed by atoms with van der Waals surface area (Å²) >= 11 is 1.66. The first-order valence-electron chi connectivity index (χ1n) is 10.7. The number of nitrogens with zero attached hydrogens (tertiary/aromatic N) is 5. The first kappa shape index (κ1) is 30.9. The molecule has 0 radical (unpaired) electrons. The minimum atomic E-state index is -5.08. The highest BCUT2D eigenvalue weighted by molar-refractivity contribution is 7.13. The van der Waals surface area contributed by atoms with Gasteiger partial charge < -0.3 is 24.7 Å². The van der Waals surface area contributed by atoms with E-state index in [4.69, 9.17) is 24.5 Å². The molecule has 2 aliphatic rings. The van der Waals surface area contributed by atoms with Gasteiger partial charge in [0, 0.05) is 43.2 Å². The first-order valence-corrected chi connectivity index (χ1v) is 11.6. The third-order valence-corrected chi connectivity index (χ3v) is 6.00. The Balaban J connectivity index is 0.000000301. The highest BCUT2D eigenvalue weighted by Crippen LogP contribution is 2.36. The fourth-order valence-corrected chi connectivity index (χ4v) is 4.29. The van der Waals surface area contributed by atoms with Crippen LogP contribution >= 0.6 is 11.3 Å². The molecule has 0 saturated carbocycles. The van der Waals surface area contributed by atoms with Gasteiger partial charge in [-0.2, -0.15) is 26.3 Å². The zero-order valence-electron chi connectivity index (χ0n) is 19.4. The highest BCUT2D eigenvalue weighted by Gasteiger charge is 2.40. The van der Waals surface area contributed by atoms with Crippen molar-refractivity contribution in [2.24, 2.45) is 5.41 Å². The monoisotopic (exact) mass is 577 g/mol. The number of hydrogen-bond donors (Lipinski definition) is 2. The molecule has 0 bridgehead atoms. The number of thiazole rings is 1. The normalized spacial score (nSPS) is 20.0. The second kappa shape index (κ2) is 13.0. The number of rotatable bonds is 2.